The van der Waals surface area contributed by atoms with Crippen LogP contribution in [0.25, 0.3) is 0 Å². The predicted octanol–water partition coefficient (Wildman–Crippen LogP) is 1.71. The summed E-state index contributed by atoms with van der Waals surface area (Å²) in [6.45, 7) is 3.14. The number of methoxy groups -OCH3 is 2. The van der Waals surface area contributed by atoms with Crippen LogP contribution in [-0.4, -0.2) is 50.4 Å². The van der Waals surface area contributed by atoms with Crippen molar-refractivity contribution in [3.8, 4) is 11.5 Å². The van der Waals surface area contributed by atoms with Gasteiger partial charge in [0.15, 0.2) is 11.5 Å². The molecule has 0 atom stereocenters. The molecule has 4 nitrogen and oxygen atoms in total. The minimum absolute atomic E-state index is 0.700. The van der Waals surface area contributed by atoms with Gasteiger partial charge in [0.25, 0.3) is 0 Å². The molecule has 0 unspecified atom stereocenters. The van der Waals surface area contributed by atoms with E-state index in [0.29, 0.717) is 11.5 Å². The molecule has 1 aromatic carbocycles. The fourth-order valence-corrected chi connectivity index (χ4v) is 2.23. The van der Waals surface area contributed by atoms with Gasteiger partial charge in [0, 0.05) is 18.7 Å². The Morgan fingerprint density at radius 1 is 1.17 bits per heavy atom. The van der Waals surface area contributed by atoms with E-state index >= 15 is 0 Å². The van der Waals surface area contributed by atoms with E-state index < -0.39 is 0 Å². The van der Waals surface area contributed by atoms with Gasteiger partial charge in [-0.2, -0.15) is 0 Å². The highest BCUT2D eigenvalue weighted by molar-refractivity contribution is 7.80. The summed E-state index contributed by atoms with van der Waals surface area (Å²) in [5.74, 6) is 1.41. The van der Waals surface area contributed by atoms with E-state index in [4.69, 9.17) is 26.4 Å². The van der Waals surface area contributed by atoms with Crippen LogP contribution in [0.15, 0.2) is 18.2 Å². The highest BCUT2D eigenvalue weighted by Crippen LogP contribution is 2.28. The third-order valence-electron chi connectivity index (χ3n) is 2.93. The van der Waals surface area contributed by atoms with E-state index in [2.05, 4.69) is 4.90 Å². The number of nitrogens with zero attached hydrogens (tertiary/aromatic N) is 1. The first-order valence-electron chi connectivity index (χ1n) is 5.85. The van der Waals surface area contributed by atoms with Gasteiger partial charge in [-0.15, -0.1) is 0 Å². The minimum atomic E-state index is 0.700. The van der Waals surface area contributed by atoms with Crippen molar-refractivity contribution in [3.05, 3.63) is 23.8 Å². The molecule has 18 heavy (non-hydrogen) atoms. The van der Waals surface area contributed by atoms with Gasteiger partial charge in [0.05, 0.1) is 27.4 Å². The van der Waals surface area contributed by atoms with E-state index in [9.17, 15) is 0 Å². The van der Waals surface area contributed by atoms with E-state index in [-0.39, 0.29) is 0 Å². The van der Waals surface area contributed by atoms with Gasteiger partial charge in [-0.1, -0.05) is 12.2 Å². The molecule has 0 amide bonds. The zero-order valence-electron chi connectivity index (χ0n) is 10.6. The zero-order valence-corrected chi connectivity index (χ0v) is 11.5. The van der Waals surface area contributed by atoms with Crippen LogP contribution in [0.5, 0.6) is 11.5 Å². The Labute approximate surface area is 112 Å². The predicted molar refractivity (Wildman–Crippen MR) is 73.6 cm³/mol. The van der Waals surface area contributed by atoms with Crippen molar-refractivity contribution in [2.45, 2.75) is 0 Å². The number of thiocarbonyl (C=S) groups is 1. The Hall–Kier alpha value is -1.33. The molecule has 2 rings (SSSR count). The van der Waals surface area contributed by atoms with E-state index in [0.717, 1.165) is 36.9 Å². The Bertz CT molecular complexity index is 430. The summed E-state index contributed by atoms with van der Waals surface area (Å²) in [6.07, 6.45) is 0. The average Bonchev–Trinajstić information content (AvgIpc) is 2.46. The number of hydrogen-bond donors (Lipinski definition) is 0. The van der Waals surface area contributed by atoms with Gasteiger partial charge in [0.1, 0.15) is 4.99 Å². The van der Waals surface area contributed by atoms with Gasteiger partial charge >= 0.3 is 0 Å². The Kier molecular flexibility index (Phi) is 4.38. The summed E-state index contributed by atoms with van der Waals surface area (Å²) in [4.78, 5) is 2.99. The van der Waals surface area contributed by atoms with Crippen LogP contribution in [0.1, 0.15) is 5.56 Å². The molecule has 0 aromatic heterocycles. The van der Waals surface area contributed by atoms with Crippen LogP contribution in [0.2, 0.25) is 0 Å². The molecule has 1 heterocycles. The van der Waals surface area contributed by atoms with Gasteiger partial charge in [0.2, 0.25) is 0 Å². The lowest BCUT2D eigenvalue weighted by Gasteiger charge is -2.29. The van der Waals surface area contributed by atoms with E-state index in [1.165, 1.54) is 0 Å². The lowest BCUT2D eigenvalue weighted by Crippen LogP contribution is -2.40. The highest BCUT2D eigenvalue weighted by Gasteiger charge is 2.16. The molecule has 1 fully saturated rings. The average molecular weight is 267 g/mol. The first-order chi connectivity index (χ1) is 8.76. The quantitative estimate of drug-likeness (QED) is 0.778. The summed E-state index contributed by atoms with van der Waals surface area (Å²) < 4.78 is 15.8. The molecule has 0 radical (unpaired) electrons. The lowest BCUT2D eigenvalue weighted by atomic mass is 10.2. The van der Waals surface area contributed by atoms with Crippen molar-refractivity contribution >= 4 is 17.2 Å². The number of morpholine rings is 1. The molecule has 0 N–H and O–H groups in total. The van der Waals surface area contributed by atoms with Crippen LogP contribution >= 0.6 is 12.2 Å². The molecule has 1 aromatic rings. The smallest absolute Gasteiger partial charge is 0.161 e. The Morgan fingerprint density at radius 3 is 2.44 bits per heavy atom. The summed E-state index contributed by atoms with van der Waals surface area (Å²) in [5, 5.41) is 0. The van der Waals surface area contributed by atoms with E-state index in [1.54, 1.807) is 14.2 Å². The van der Waals surface area contributed by atoms with Gasteiger partial charge in [-0.05, 0) is 18.2 Å². The molecular weight excluding hydrogens is 250 g/mol. The van der Waals surface area contributed by atoms with Crippen molar-refractivity contribution in [1.29, 1.82) is 0 Å². The summed E-state index contributed by atoms with van der Waals surface area (Å²) in [7, 11) is 3.25. The number of rotatable bonds is 3. The van der Waals surface area contributed by atoms with Crippen molar-refractivity contribution in [2.24, 2.45) is 0 Å². The second-order valence-corrected chi connectivity index (χ2v) is 4.36. The fraction of sp³-hybridized carbons (Fsp3) is 0.462. The van der Waals surface area contributed by atoms with Crippen molar-refractivity contribution in [1.82, 2.24) is 4.90 Å². The van der Waals surface area contributed by atoms with Crippen molar-refractivity contribution in [2.75, 3.05) is 40.5 Å². The van der Waals surface area contributed by atoms with Crippen LogP contribution < -0.4 is 9.47 Å². The maximum Gasteiger partial charge on any atom is 0.161 e. The Balaban J connectivity index is 2.19. The summed E-state index contributed by atoms with van der Waals surface area (Å²) in [5.41, 5.74) is 0.976. The number of benzene rings is 1. The van der Waals surface area contributed by atoms with Gasteiger partial charge in [-0.3, -0.25) is 0 Å². The van der Waals surface area contributed by atoms with Crippen molar-refractivity contribution in [3.63, 3.8) is 0 Å². The van der Waals surface area contributed by atoms with Crippen LogP contribution in [-0.2, 0) is 4.74 Å². The molecule has 1 aliphatic rings. The molecule has 1 saturated heterocycles. The maximum absolute atomic E-state index is 5.50. The molecular formula is C13H17NO3S. The van der Waals surface area contributed by atoms with Crippen molar-refractivity contribution < 1.29 is 14.2 Å². The second kappa shape index (κ2) is 6.02. The Morgan fingerprint density at radius 2 is 1.83 bits per heavy atom. The zero-order chi connectivity index (χ0) is 13.0. The third kappa shape index (κ3) is 2.73. The fourth-order valence-electron chi connectivity index (χ4n) is 1.92. The molecule has 0 aliphatic carbocycles. The highest BCUT2D eigenvalue weighted by atomic mass is 32.1. The molecule has 0 bridgehead atoms. The number of ether oxygens (including phenoxy) is 3. The molecule has 0 spiro atoms. The lowest BCUT2D eigenvalue weighted by molar-refractivity contribution is 0.0693. The molecule has 98 valence electrons. The van der Waals surface area contributed by atoms with Crippen LogP contribution in [0.3, 0.4) is 0 Å². The largest absolute Gasteiger partial charge is 0.493 e. The van der Waals surface area contributed by atoms with Gasteiger partial charge < -0.3 is 19.1 Å². The molecule has 5 heteroatoms. The van der Waals surface area contributed by atoms with Gasteiger partial charge in [-0.25, -0.2) is 0 Å². The monoisotopic (exact) mass is 267 g/mol. The third-order valence-corrected chi connectivity index (χ3v) is 3.42. The standard InChI is InChI=1S/C13H17NO3S/c1-15-11-4-3-10(9-12(11)16-2)13(18)14-5-7-17-8-6-14/h3-4,9H,5-8H2,1-2H3. The van der Waals surface area contributed by atoms with Crippen LogP contribution in [0.4, 0.5) is 0 Å². The summed E-state index contributed by atoms with van der Waals surface area (Å²) in [6, 6.07) is 5.75. The van der Waals surface area contributed by atoms with Crippen LogP contribution in [0, 0.1) is 0 Å². The first-order valence-corrected chi connectivity index (χ1v) is 6.26. The normalized spacial score (nSPS) is 15.3. The van der Waals surface area contributed by atoms with E-state index in [1.807, 2.05) is 18.2 Å². The second-order valence-electron chi connectivity index (χ2n) is 3.97. The maximum atomic E-state index is 5.50. The topological polar surface area (TPSA) is 30.9 Å². The molecule has 1 aliphatic heterocycles. The number of hydrogen-bond acceptors (Lipinski definition) is 4. The SMILES string of the molecule is COc1ccc(C(=S)N2CCOCC2)cc1OC. The summed E-state index contributed by atoms with van der Waals surface area (Å²) >= 11 is 5.50. The molecule has 0 saturated carbocycles. The minimum Gasteiger partial charge on any atom is -0.493 e. The first kappa shape index (κ1) is 13.1.